The van der Waals surface area contributed by atoms with Crippen molar-refractivity contribution in [2.75, 3.05) is 20.8 Å². The Labute approximate surface area is 126 Å². The molecule has 0 saturated carbocycles. The minimum atomic E-state index is -0.664. The van der Waals surface area contributed by atoms with E-state index in [1.807, 2.05) is 0 Å². The number of hydrogen-bond donors (Lipinski definition) is 0. The molecular weight excluding hydrogens is 288 g/mol. The molecule has 0 radical (unpaired) electrons. The highest BCUT2D eigenvalue weighted by Crippen LogP contribution is 2.25. The van der Waals surface area contributed by atoms with Gasteiger partial charge in [0.1, 0.15) is 11.3 Å². The number of ether oxygens (including phenoxy) is 3. The van der Waals surface area contributed by atoms with Crippen LogP contribution in [0.2, 0.25) is 0 Å². The molecule has 1 aromatic heterocycles. The molecular formula is C15H14N2O5. The normalized spacial score (nSPS) is 13.3. The van der Waals surface area contributed by atoms with Gasteiger partial charge < -0.3 is 14.2 Å². The summed E-state index contributed by atoms with van der Waals surface area (Å²) < 4.78 is 16.4. The van der Waals surface area contributed by atoms with Crippen molar-refractivity contribution in [2.45, 2.75) is 6.42 Å². The Morgan fingerprint density at radius 2 is 2.00 bits per heavy atom. The summed E-state index contributed by atoms with van der Waals surface area (Å²) in [4.78, 5) is 23.8. The van der Waals surface area contributed by atoms with Crippen LogP contribution in [0.4, 0.5) is 0 Å². The highest BCUT2D eigenvalue weighted by atomic mass is 16.5. The lowest BCUT2D eigenvalue weighted by Crippen LogP contribution is -2.20. The van der Waals surface area contributed by atoms with E-state index in [-0.39, 0.29) is 17.9 Å². The van der Waals surface area contributed by atoms with Crippen LogP contribution in [0, 0.1) is 0 Å². The summed E-state index contributed by atoms with van der Waals surface area (Å²) in [6.07, 6.45) is 0.483. The number of cyclic esters (lactones) is 1. The fraction of sp³-hybridized carbons (Fsp3) is 0.267. The van der Waals surface area contributed by atoms with Crippen LogP contribution in [0.15, 0.2) is 24.3 Å². The molecule has 0 amide bonds. The number of aromatic nitrogens is 2. The summed E-state index contributed by atoms with van der Waals surface area (Å²) in [5, 5.41) is 4.24. The summed E-state index contributed by atoms with van der Waals surface area (Å²) in [6.45, 7) is 0.258. The fourth-order valence-corrected chi connectivity index (χ4v) is 2.39. The number of nitrogens with zero attached hydrogens (tertiary/aromatic N) is 2. The quantitative estimate of drug-likeness (QED) is 0.797. The van der Waals surface area contributed by atoms with E-state index in [2.05, 4.69) is 5.10 Å². The summed E-state index contributed by atoms with van der Waals surface area (Å²) in [5.41, 5.74) is 1.51. The van der Waals surface area contributed by atoms with Gasteiger partial charge in [-0.25, -0.2) is 14.3 Å². The van der Waals surface area contributed by atoms with Gasteiger partial charge in [-0.3, -0.25) is 0 Å². The van der Waals surface area contributed by atoms with Crippen LogP contribution in [0.25, 0.3) is 5.69 Å². The molecule has 0 bridgehead atoms. The molecule has 0 spiro atoms. The first-order valence-corrected chi connectivity index (χ1v) is 6.67. The highest BCUT2D eigenvalue weighted by Gasteiger charge is 2.32. The van der Waals surface area contributed by atoms with Gasteiger partial charge >= 0.3 is 11.9 Å². The van der Waals surface area contributed by atoms with E-state index in [0.29, 0.717) is 17.9 Å². The second-order valence-electron chi connectivity index (χ2n) is 4.66. The largest absolute Gasteiger partial charge is 0.497 e. The maximum absolute atomic E-state index is 12.0. The molecule has 0 fully saturated rings. The van der Waals surface area contributed by atoms with Gasteiger partial charge in [0.2, 0.25) is 0 Å². The lowest BCUT2D eigenvalue weighted by Gasteiger charge is -2.14. The van der Waals surface area contributed by atoms with E-state index < -0.39 is 11.9 Å². The van der Waals surface area contributed by atoms with Crippen LogP contribution >= 0.6 is 0 Å². The Morgan fingerprint density at radius 1 is 1.27 bits per heavy atom. The summed E-state index contributed by atoms with van der Waals surface area (Å²) in [5.74, 6) is -0.513. The monoisotopic (exact) mass is 302 g/mol. The van der Waals surface area contributed by atoms with E-state index in [1.54, 1.807) is 36.1 Å². The summed E-state index contributed by atoms with van der Waals surface area (Å²) in [7, 11) is 2.82. The number of carbonyl (C=O) groups is 2. The van der Waals surface area contributed by atoms with Gasteiger partial charge in [0, 0.05) is 6.42 Å². The maximum atomic E-state index is 12.0. The van der Waals surface area contributed by atoms with Crippen molar-refractivity contribution >= 4 is 11.9 Å². The average Bonchev–Trinajstić information content (AvgIpc) is 2.95. The first kappa shape index (κ1) is 14.1. The van der Waals surface area contributed by atoms with Crippen molar-refractivity contribution in [3.05, 3.63) is 41.2 Å². The van der Waals surface area contributed by atoms with Crippen LogP contribution in [0.3, 0.4) is 0 Å². The maximum Gasteiger partial charge on any atom is 0.359 e. The molecule has 0 aliphatic carbocycles. The predicted molar refractivity (Wildman–Crippen MR) is 75.4 cm³/mol. The van der Waals surface area contributed by atoms with Crippen LogP contribution in [0.1, 0.15) is 26.5 Å². The minimum absolute atomic E-state index is 0.0296. The third kappa shape index (κ3) is 2.20. The van der Waals surface area contributed by atoms with Gasteiger partial charge in [-0.2, -0.15) is 5.10 Å². The van der Waals surface area contributed by atoms with Crippen LogP contribution in [0.5, 0.6) is 5.75 Å². The van der Waals surface area contributed by atoms with E-state index in [1.165, 1.54) is 7.11 Å². The van der Waals surface area contributed by atoms with Crippen molar-refractivity contribution < 1.29 is 23.8 Å². The summed E-state index contributed by atoms with van der Waals surface area (Å²) in [6, 6.07) is 7.16. The molecule has 3 rings (SSSR count). The van der Waals surface area contributed by atoms with Crippen molar-refractivity contribution in [3.8, 4) is 11.4 Å². The lowest BCUT2D eigenvalue weighted by atomic mass is 10.1. The Bertz CT molecular complexity index is 733. The first-order valence-electron chi connectivity index (χ1n) is 6.67. The molecule has 2 heterocycles. The van der Waals surface area contributed by atoms with E-state index >= 15 is 0 Å². The molecule has 0 unspecified atom stereocenters. The van der Waals surface area contributed by atoms with Crippen molar-refractivity contribution in [1.82, 2.24) is 9.78 Å². The standard InChI is InChI=1S/C15H14N2O5/c1-20-10-5-3-9(4-6-10)17-11-7-8-22-14(18)12(11)13(16-17)15(19)21-2/h3-6H,7-8H2,1-2H3. The van der Waals surface area contributed by atoms with Gasteiger partial charge in [-0.15, -0.1) is 0 Å². The molecule has 2 aromatic rings. The van der Waals surface area contributed by atoms with Gasteiger partial charge in [0.05, 0.1) is 32.2 Å². The minimum Gasteiger partial charge on any atom is -0.497 e. The zero-order chi connectivity index (χ0) is 15.7. The smallest absolute Gasteiger partial charge is 0.359 e. The third-order valence-corrected chi connectivity index (χ3v) is 3.45. The Morgan fingerprint density at radius 3 is 2.64 bits per heavy atom. The number of fused-ring (bicyclic) bond motifs is 1. The first-order chi connectivity index (χ1) is 10.7. The Kier molecular flexibility index (Phi) is 3.54. The number of hydrogen-bond acceptors (Lipinski definition) is 6. The zero-order valence-electron chi connectivity index (χ0n) is 12.2. The van der Waals surface area contributed by atoms with Crippen molar-refractivity contribution in [3.63, 3.8) is 0 Å². The number of methoxy groups -OCH3 is 2. The molecule has 1 aromatic carbocycles. The molecule has 1 aliphatic heterocycles. The third-order valence-electron chi connectivity index (χ3n) is 3.45. The predicted octanol–water partition coefficient (Wildman–Crippen LogP) is 1.38. The highest BCUT2D eigenvalue weighted by molar-refractivity contribution is 6.03. The van der Waals surface area contributed by atoms with E-state index in [9.17, 15) is 9.59 Å². The Balaban J connectivity index is 2.15. The molecule has 7 nitrogen and oxygen atoms in total. The molecule has 0 N–H and O–H groups in total. The average molecular weight is 302 g/mol. The number of esters is 2. The summed E-state index contributed by atoms with van der Waals surface area (Å²) >= 11 is 0. The SMILES string of the molecule is COC(=O)c1nn(-c2ccc(OC)cc2)c2c1C(=O)OCC2. The molecule has 0 atom stereocenters. The topological polar surface area (TPSA) is 79.6 Å². The number of rotatable bonds is 3. The van der Waals surface area contributed by atoms with Gasteiger partial charge in [-0.1, -0.05) is 0 Å². The van der Waals surface area contributed by atoms with Crippen LogP contribution in [-0.2, 0) is 15.9 Å². The fourth-order valence-electron chi connectivity index (χ4n) is 2.39. The lowest BCUT2D eigenvalue weighted by molar-refractivity contribution is 0.0461. The van der Waals surface area contributed by atoms with Gasteiger partial charge in [-0.05, 0) is 24.3 Å². The van der Waals surface area contributed by atoms with Crippen molar-refractivity contribution in [2.24, 2.45) is 0 Å². The van der Waals surface area contributed by atoms with Gasteiger partial charge in [0.15, 0.2) is 5.69 Å². The molecule has 0 saturated heterocycles. The second-order valence-corrected chi connectivity index (χ2v) is 4.66. The number of carbonyl (C=O) groups excluding carboxylic acids is 2. The Hall–Kier alpha value is -2.83. The second kappa shape index (κ2) is 5.51. The van der Waals surface area contributed by atoms with E-state index in [0.717, 1.165) is 5.69 Å². The molecule has 7 heteroatoms. The molecule has 1 aliphatic rings. The van der Waals surface area contributed by atoms with Crippen LogP contribution in [-0.4, -0.2) is 42.5 Å². The number of benzene rings is 1. The van der Waals surface area contributed by atoms with Gasteiger partial charge in [0.25, 0.3) is 0 Å². The van der Waals surface area contributed by atoms with E-state index in [4.69, 9.17) is 14.2 Å². The van der Waals surface area contributed by atoms with Crippen molar-refractivity contribution in [1.29, 1.82) is 0 Å². The molecule has 22 heavy (non-hydrogen) atoms. The van der Waals surface area contributed by atoms with Crippen LogP contribution < -0.4 is 4.74 Å². The zero-order valence-corrected chi connectivity index (χ0v) is 12.2. The molecule has 114 valence electrons.